The van der Waals surface area contributed by atoms with Gasteiger partial charge < -0.3 is 15.1 Å². The number of hydrogen-bond acceptors (Lipinski definition) is 5. The fourth-order valence-electron chi connectivity index (χ4n) is 3.50. The van der Waals surface area contributed by atoms with Gasteiger partial charge in [0.05, 0.1) is 0 Å². The van der Waals surface area contributed by atoms with Gasteiger partial charge in [0.25, 0.3) is 15.9 Å². The fraction of sp³-hybridized carbons (Fsp3) is 0.455. The quantitative estimate of drug-likeness (QED) is 0.601. The molecule has 3 rings (SSSR count). The molecule has 1 aliphatic rings. The molecule has 0 aliphatic heterocycles. The highest BCUT2D eigenvalue weighted by molar-refractivity contribution is 7.89. The topological polar surface area (TPSA) is 118 Å². The Hall–Kier alpha value is -2.65. The van der Waals surface area contributed by atoms with E-state index < -0.39 is 21.5 Å². The first kappa shape index (κ1) is 23.0. The Morgan fingerprint density at radius 2 is 1.81 bits per heavy atom. The molecule has 3 N–H and O–H groups in total. The minimum atomic E-state index is -3.86. The second-order valence-electron chi connectivity index (χ2n) is 8.83. The highest BCUT2D eigenvalue weighted by Crippen LogP contribution is 2.26. The summed E-state index contributed by atoms with van der Waals surface area (Å²) in [5.74, 6) is -0.523. The molecular formula is C22H29N3O5S. The molecular weight excluding hydrogens is 418 g/mol. The molecule has 31 heavy (non-hydrogen) atoms. The summed E-state index contributed by atoms with van der Waals surface area (Å²) >= 11 is 0. The van der Waals surface area contributed by atoms with Crippen molar-refractivity contribution in [1.29, 1.82) is 0 Å². The van der Waals surface area contributed by atoms with Gasteiger partial charge in [-0.25, -0.2) is 13.1 Å². The summed E-state index contributed by atoms with van der Waals surface area (Å²) in [6.07, 6.45) is 4.03. The molecule has 2 aromatic rings. The van der Waals surface area contributed by atoms with Crippen molar-refractivity contribution >= 4 is 27.5 Å². The van der Waals surface area contributed by atoms with Crippen LogP contribution in [0.2, 0.25) is 0 Å². The lowest BCUT2D eigenvalue weighted by molar-refractivity contribution is -0.119. The summed E-state index contributed by atoms with van der Waals surface area (Å²) in [6, 6.07) is 9.83. The Balaban J connectivity index is 1.59. The molecule has 1 aromatic carbocycles. The lowest BCUT2D eigenvalue weighted by Gasteiger charge is -2.18. The maximum atomic E-state index is 12.4. The van der Waals surface area contributed by atoms with Crippen molar-refractivity contribution in [3.8, 4) is 0 Å². The summed E-state index contributed by atoms with van der Waals surface area (Å²) in [4.78, 5) is 24.7. The maximum Gasteiger partial charge on any atom is 0.287 e. The number of carbonyl (C=O) groups is 2. The van der Waals surface area contributed by atoms with Gasteiger partial charge in [0.2, 0.25) is 11.0 Å². The molecule has 0 atom stereocenters. The van der Waals surface area contributed by atoms with Crippen molar-refractivity contribution in [2.75, 3.05) is 5.32 Å². The highest BCUT2D eigenvalue weighted by atomic mass is 32.2. The molecule has 0 radical (unpaired) electrons. The second-order valence-corrected chi connectivity index (χ2v) is 10.4. The lowest BCUT2D eigenvalue weighted by Crippen LogP contribution is -2.40. The van der Waals surface area contributed by atoms with Crippen molar-refractivity contribution in [2.45, 2.75) is 63.6 Å². The molecule has 0 unspecified atom stereocenters. The number of rotatable bonds is 7. The molecule has 1 saturated carbocycles. The zero-order valence-electron chi connectivity index (χ0n) is 18.0. The molecule has 1 aromatic heterocycles. The standard InChI is InChI=1S/C22H29N3O5S/c1-22(2,3)25-31(28,29)19-12-11-18(30-19)21(27)23-14-15-7-6-10-17(13-15)24-20(26)16-8-4-5-9-16/h6-7,10-13,16,25H,4-5,8-9,14H2,1-3H3,(H,23,27)(H,24,26). The van der Waals surface area contributed by atoms with E-state index in [-0.39, 0.29) is 29.2 Å². The first-order valence-corrected chi connectivity index (χ1v) is 11.8. The number of nitrogens with one attached hydrogen (secondary N) is 3. The first-order valence-electron chi connectivity index (χ1n) is 10.4. The van der Waals surface area contributed by atoms with E-state index in [0.29, 0.717) is 5.69 Å². The van der Waals surface area contributed by atoms with Gasteiger partial charge in [-0.05, 0) is 63.4 Å². The Labute approximate surface area is 182 Å². The van der Waals surface area contributed by atoms with Crippen LogP contribution < -0.4 is 15.4 Å². The van der Waals surface area contributed by atoms with E-state index in [1.54, 1.807) is 26.8 Å². The molecule has 0 spiro atoms. The number of sulfonamides is 1. The highest BCUT2D eigenvalue weighted by Gasteiger charge is 2.26. The molecule has 9 heteroatoms. The van der Waals surface area contributed by atoms with E-state index in [9.17, 15) is 18.0 Å². The molecule has 2 amide bonds. The second kappa shape index (κ2) is 9.23. The summed E-state index contributed by atoms with van der Waals surface area (Å²) in [6.45, 7) is 5.34. The van der Waals surface area contributed by atoms with Crippen molar-refractivity contribution in [1.82, 2.24) is 10.0 Å². The van der Waals surface area contributed by atoms with Gasteiger partial charge in [0, 0.05) is 23.7 Å². The zero-order chi connectivity index (χ0) is 22.6. The summed E-state index contributed by atoms with van der Waals surface area (Å²) in [5.41, 5.74) is 0.807. The summed E-state index contributed by atoms with van der Waals surface area (Å²) in [5, 5.41) is 5.33. The third-order valence-electron chi connectivity index (χ3n) is 4.88. The van der Waals surface area contributed by atoms with E-state index in [2.05, 4.69) is 15.4 Å². The van der Waals surface area contributed by atoms with Gasteiger partial charge in [-0.3, -0.25) is 9.59 Å². The van der Waals surface area contributed by atoms with Crippen LogP contribution >= 0.6 is 0 Å². The average Bonchev–Trinajstić information content (AvgIpc) is 3.36. The number of hydrogen-bond donors (Lipinski definition) is 3. The van der Waals surface area contributed by atoms with Crippen LogP contribution in [0, 0.1) is 5.92 Å². The van der Waals surface area contributed by atoms with E-state index in [1.165, 1.54) is 12.1 Å². The van der Waals surface area contributed by atoms with Gasteiger partial charge in [-0.15, -0.1) is 0 Å². The van der Waals surface area contributed by atoms with Gasteiger partial charge in [-0.2, -0.15) is 0 Å². The van der Waals surface area contributed by atoms with Gasteiger partial charge in [0.1, 0.15) is 0 Å². The van der Waals surface area contributed by atoms with E-state index in [4.69, 9.17) is 4.42 Å². The zero-order valence-corrected chi connectivity index (χ0v) is 18.8. The number of amides is 2. The van der Waals surface area contributed by atoms with Crippen LogP contribution in [0.1, 0.15) is 62.6 Å². The van der Waals surface area contributed by atoms with E-state index in [0.717, 1.165) is 31.2 Å². The Morgan fingerprint density at radius 1 is 1.10 bits per heavy atom. The number of carbonyl (C=O) groups excluding carboxylic acids is 2. The first-order chi connectivity index (χ1) is 14.5. The van der Waals surface area contributed by atoms with Crippen LogP contribution in [0.15, 0.2) is 45.9 Å². The minimum Gasteiger partial charge on any atom is -0.438 e. The van der Waals surface area contributed by atoms with Gasteiger partial charge in [-0.1, -0.05) is 25.0 Å². The Morgan fingerprint density at radius 3 is 2.48 bits per heavy atom. The van der Waals surface area contributed by atoms with Gasteiger partial charge >= 0.3 is 0 Å². The molecule has 1 fully saturated rings. The van der Waals surface area contributed by atoms with Gasteiger partial charge in [0.15, 0.2) is 5.76 Å². The summed E-state index contributed by atoms with van der Waals surface area (Å²) in [7, 11) is -3.86. The third-order valence-corrected chi connectivity index (χ3v) is 6.51. The lowest BCUT2D eigenvalue weighted by atomic mass is 10.1. The predicted molar refractivity (Wildman–Crippen MR) is 117 cm³/mol. The summed E-state index contributed by atoms with van der Waals surface area (Å²) < 4.78 is 32.4. The van der Waals surface area contributed by atoms with Crippen molar-refractivity contribution in [3.05, 3.63) is 47.7 Å². The largest absolute Gasteiger partial charge is 0.438 e. The molecule has 1 heterocycles. The molecule has 1 aliphatic carbocycles. The van der Waals surface area contributed by atoms with Crippen molar-refractivity contribution in [3.63, 3.8) is 0 Å². The fourth-order valence-corrected chi connectivity index (χ4v) is 4.85. The number of furan rings is 1. The maximum absolute atomic E-state index is 12.4. The van der Waals surface area contributed by atoms with E-state index >= 15 is 0 Å². The predicted octanol–water partition coefficient (Wildman–Crippen LogP) is 3.42. The van der Waals surface area contributed by atoms with Crippen LogP contribution in [0.4, 0.5) is 5.69 Å². The van der Waals surface area contributed by atoms with Crippen molar-refractivity contribution in [2.24, 2.45) is 5.92 Å². The molecule has 0 bridgehead atoms. The number of anilines is 1. The SMILES string of the molecule is CC(C)(C)NS(=O)(=O)c1ccc(C(=O)NCc2cccc(NC(=O)C3CCCC3)c2)o1. The molecule has 8 nitrogen and oxygen atoms in total. The average molecular weight is 448 g/mol. The third kappa shape index (κ3) is 6.41. The smallest absolute Gasteiger partial charge is 0.287 e. The van der Waals surface area contributed by atoms with Crippen LogP contribution in [0.25, 0.3) is 0 Å². The van der Waals surface area contributed by atoms with Crippen LogP contribution in [0.3, 0.4) is 0 Å². The van der Waals surface area contributed by atoms with E-state index in [1.807, 2.05) is 18.2 Å². The Kier molecular flexibility index (Phi) is 6.86. The van der Waals surface area contributed by atoms with Crippen molar-refractivity contribution < 1.29 is 22.4 Å². The number of benzene rings is 1. The monoisotopic (exact) mass is 447 g/mol. The van der Waals surface area contributed by atoms with Crippen LogP contribution in [-0.4, -0.2) is 25.8 Å². The Bertz CT molecular complexity index is 1050. The molecule has 168 valence electrons. The minimum absolute atomic E-state index is 0.0341. The van der Waals surface area contributed by atoms with Crippen LogP contribution in [0.5, 0.6) is 0 Å². The van der Waals surface area contributed by atoms with Crippen LogP contribution in [-0.2, 0) is 21.4 Å². The normalized spacial score (nSPS) is 15.1. The molecule has 0 saturated heterocycles.